The number of likely N-dealkylation sites (N-methyl/N-ethyl adjacent to an activating group) is 1. The molecular weight excluding hydrogens is 364 g/mol. The molecule has 1 rings (SSSR count). The molecule has 1 heterocycles. The molecule has 1 N–H and O–H groups in total. The van der Waals surface area contributed by atoms with Crippen LogP contribution in [0.5, 0.6) is 0 Å². The third-order valence-electron chi connectivity index (χ3n) is 2.91. The molecule has 0 saturated heterocycles. The highest BCUT2D eigenvalue weighted by molar-refractivity contribution is 9.11. The smallest absolute Gasteiger partial charge is 0.242 e. The molecule has 0 aliphatic rings. The zero-order valence-electron chi connectivity index (χ0n) is 11.9. The molecule has 8 heteroatoms. The van der Waals surface area contributed by atoms with Gasteiger partial charge in [-0.25, -0.2) is 8.42 Å². The first kappa shape index (κ1) is 17.6. The number of hydrogen-bond acceptors (Lipinski definition) is 4. The van der Waals surface area contributed by atoms with Crippen LogP contribution < -0.4 is 4.72 Å². The Morgan fingerprint density at radius 1 is 1.45 bits per heavy atom. The molecular formula is C12H19BrN2O3S2. The Kier molecular flexibility index (Phi) is 6.18. The van der Waals surface area contributed by atoms with Crippen molar-refractivity contribution in [3.8, 4) is 0 Å². The fourth-order valence-corrected chi connectivity index (χ4v) is 5.46. The van der Waals surface area contributed by atoms with E-state index in [-0.39, 0.29) is 10.8 Å². The van der Waals surface area contributed by atoms with Crippen molar-refractivity contribution >= 4 is 43.2 Å². The van der Waals surface area contributed by atoms with Crippen molar-refractivity contribution in [1.29, 1.82) is 0 Å². The molecule has 1 atom stereocenters. The van der Waals surface area contributed by atoms with Gasteiger partial charge in [-0.15, -0.1) is 11.3 Å². The number of hydrogen-bond donors (Lipinski definition) is 1. The van der Waals surface area contributed by atoms with Crippen molar-refractivity contribution in [2.75, 3.05) is 13.1 Å². The average molecular weight is 383 g/mol. The minimum Gasteiger partial charge on any atom is -0.342 e. The zero-order valence-corrected chi connectivity index (χ0v) is 15.2. The number of thiophene rings is 1. The number of nitrogens with one attached hydrogen (secondary N) is 1. The monoisotopic (exact) mass is 382 g/mol. The van der Waals surface area contributed by atoms with Gasteiger partial charge in [0, 0.05) is 18.0 Å². The summed E-state index contributed by atoms with van der Waals surface area (Å²) < 4.78 is 27.8. The zero-order chi connectivity index (χ0) is 15.5. The van der Waals surface area contributed by atoms with Gasteiger partial charge in [0.05, 0.1) is 14.7 Å². The van der Waals surface area contributed by atoms with E-state index in [1.807, 2.05) is 13.8 Å². The largest absolute Gasteiger partial charge is 0.342 e. The second kappa shape index (κ2) is 7.02. The summed E-state index contributed by atoms with van der Waals surface area (Å²) in [6, 6.07) is 0.773. The van der Waals surface area contributed by atoms with Gasteiger partial charge in [0.25, 0.3) is 0 Å². The van der Waals surface area contributed by atoms with Gasteiger partial charge in [-0.3, -0.25) is 4.79 Å². The van der Waals surface area contributed by atoms with Gasteiger partial charge < -0.3 is 4.90 Å². The van der Waals surface area contributed by atoms with Crippen molar-refractivity contribution in [2.45, 2.75) is 38.6 Å². The summed E-state index contributed by atoms with van der Waals surface area (Å²) in [6.07, 6.45) is 0. The first-order valence-corrected chi connectivity index (χ1v) is 9.39. The molecule has 1 amide bonds. The molecule has 0 fully saturated rings. The molecule has 0 aliphatic heterocycles. The van der Waals surface area contributed by atoms with E-state index in [0.29, 0.717) is 18.0 Å². The van der Waals surface area contributed by atoms with Gasteiger partial charge in [-0.05, 0) is 49.7 Å². The summed E-state index contributed by atoms with van der Waals surface area (Å²) in [6.45, 7) is 8.15. The Bertz CT molecular complexity index is 580. The van der Waals surface area contributed by atoms with Crippen LogP contribution in [-0.4, -0.2) is 38.4 Å². The third-order valence-corrected chi connectivity index (χ3v) is 6.26. The Balaban J connectivity index is 2.91. The third kappa shape index (κ3) is 4.03. The van der Waals surface area contributed by atoms with Crippen LogP contribution in [0.1, 0.15) is 25.6 Å². The van der Waals surface area contributed by atoms with Gasteiger partial charge in [-0.1, -0.05) is 0 Å². The lowest BCUT2D eigenvalue weighted by Gasteiger charge is -2.23. The fourth-order valence-electron chi connectivity index (χ4n) is 1.85. The Labute approximate surface area is 132 Å². The highest BCUT2D eigenvalue weighted by Crippen LogP contribution is 2.29. The van der Waals surface area contributed by atoms with Gasteiger partial charge >= 0.3 is 0 Å². The quantitative estimate of drug-likeness (QED) is 0.820. The predicted molar refractivity (Wildman–Crippen MR) is 84.5 cm³/mol. The molecule has 0 radical (unpaired) electrons. The number of nitrogens with zero attached hydrogens (tertiary/aromatic N) is 1. The molecule has 1 aromatic heterocycles. The molecule has 0 aliphatic carbocycles. The van der Waals surface area contributed by atoms with Gasteiger partial charge in [-0.2, -0.15) is 4.72 Å². The molecule has 1 aromatic rings. The van der Waals surface area contributed by atoms with E-state index in [9.17, 15) is 13.2 Å². The molecule has 114 valence electrons. The number of carbonyl (C=O) groups is 1. The van der Waals surface area contributed by atoms with Gasteiger partial charge in [0.1, 0.15) is 0 Å². The molecule has 0 bridgehead atoms. The number of carbonyl (C=O) groups excluding carboxylic acids is 1. The van der Waals surface area contributed by atoms with E-state index in [1.165, 1.54) is 11.3 Å². The van der Waals surface area contributed by atoms with Crippen LogP contribution in [-0.2, 0) is 14.8 Å². The van der Waals surface area contributed by atoms with Crippen LogP contribution in [0.4, 0.5) is 0 Å². The average Bonchev–Trinajstić information content (AvgIpc) is 2.70. The number of aryl methyl sites for hydroxylation is 1. The molecule has 5 nitrogen and oxygen atoms in total. The van der Waals surface area contributed by atoms with Crippen molar-refractivity contribution in [3.05, 3.63) is 14.7 Å². The first-order valence-electron chi connectivity index (χ1n) is 6.30. The summed E-state index contributed by atoms with van der Waals surface area (Å²) in [5.41, 5.74) is 0. The van der Waals surface area contributed by atoms with E-state index in [0.717, 1.165) is 3.79 Å². The van der Waals surface area contributed by atoms with Crippen LogP contribution in [0, 0.1) is 6.92 Å². The van der Waals surface area contributed by atoms with E-state index >= 15 is 0 Å². The Morgan fingerprint density at radius 2 is 2.00 bits per heavy atom. The lowest BCUT2D eigenvalue weighted by Crippen LogP contribution is -2.46. The van der Waals surface area contributed by atoms with E-state index in [4.69, 9.17) is 0 Å². The molecule has 0 aromatic carbocycles. The lowest BCUT2D eigenvalue weighted by atomic mass is 10.3. The Morgan fingerprint density at radius 3 is 2.40 bits per heavy atom. The van der Waals surface area contributed by atoms with E-state index < -0.39 is 16.1 Å². The van der Waals surface area contributed by atoms with Crippen molar-refractivity contribution in [2.24, 2.45) is 0 Å². The Hall–Kier alpha value is -0.440. The van der Waals surface area contributed by atoms with Crippen LogP contribution >= 0.6 is 27.3 Å². The summed E-state index contributed by atoms with van der Waals surface area (Å²) in [5, 5.41) is 0. The maximum absolute atomic E-state index is 12.3. The van der Waals surface area contributed by atoms with Crippen molar-refractivity contribution < 1.29 is 13.2 Å². The normalized spacial score (nSPS) is 13.2. The standard InChI is InChI=1S/C12H19BrN2O3S2/c1-5-15(6-2)12(16)8(3)14-20(17,18)10-7-11(13)19-9(10)4/h7-8,14H,5-6H2,1-4H3. The maximum atomic E-state index is 12.3. The minimum absolute atomic E-state index is 0.216. The highest BCUT2D eigenvalue weighted by atomic mass is 79.9. The minimum atomic E-state index is -3.68. The molecule has 0 spiro atoms. The van der Waals surface area contributed by atoms with Gasteiger partial charge in [0.15, 0.2) is 0 Å². The van der Waals surface area contributed by atoms with E-state index in [1.54, 1.807) is 24.8 Å². The maximum Gasteiger partial charge on any atom is 0.242 e. The molecule has 1 unspecified atom stereocenters. The second-order valence-electron chi connectivity index (χ2n) is 4.32. The van der Waals surface area contributed by atoms with Crippen LogP contribution in [0.25, 0.3) is 0 Å². The van der Waals surface area contributed by atoms with Crippen LogP contribution in [0.2, 0.25) is 0 Å². The summed E-state index contributed by atoms with van der Waals surface area (Å²) in [7, 11) is -3.68. The molecule has 0 saturated carbocycles. The van der Waals surface area contributed by atoms with E-state index in [2.05, 4.69) is 20.7 Å². The second-order valence-corrected chi connectivity index (χ2v) is 8.64. The highest BCUT2D eigenvalue weighted by Gasteiger charge is 2.26. The van der Waals surface area contributed by atoms with Crippen LogP contribution in [0.15, 0.2) is 14.7 Å². The number of rotatable bonds is 6. The molecule has 20 heavy (non-hydrogen) atoms. The number of amides is 1. The fraction of sp³-hybridized carbons (Fsp3) is 0.583. The summed E-state index contributed by atoms with van der Waals surface area (Å²) in [4.78, 5) is 14.6. The van der Waals surface area contributed by atoms with Crippen molar-refractivity contribution in [3.63, 3.8) is 0 Å². The predicted octanol–water partition coefficient (Wildman–Crippen LogP) is 2.35. The number of halogens is 1. The van der Waals surface area contributed by atoms with Crippen molar-refractivity contribution in [1.82, 2.24) is 9.62 Å². The van der Waals surface area contributed by atoms with Crippen LogP contribution in [0.3, 0.4) is 0 Å². The number of sulfonamides is 1. The summed E-state index contributed by atoms with van der Waals surface area (Å²) >= 11 is 4.62. The SMILES string of the molecule is CCN(CC)C(=O)C(C)NS(=O)(=O)c1cc(Br)sc1C. The first-order chi connectivity index (χ1) is 9.22. The van der Waals surface area contributed by atoms with Gasteiger partial charge in [0.2, 0.25) is 15.9 Å². The topological polar surface area (TPSA) is 66.5 Å². The lowest BCUT2D eigenvalue weighted by molar-refractivity contribution is -0.132. The summed E-state index contributed by atoms with van der Waals surface area (Å²) in [5.74, 6) is -0.217.